The van der Waals surface area contributed by atoms with E-state index in [1.165, 1.54) is 0 Å². The Labute approximate surface area is 128 Å². The number of carbonyl (C=O) groups excluding carboxylic acids is 1. The fraction of sp³-hybridized carbons (Fsp3) is 0.750. The number of ketones is 1. The van der Waals surface area contributed by atoms with E-state index in [1.807, 2.05) is 19.3 Å². The van der Waals surface area contributed by atoms with E-state index in [0.717, 1.165) is 25.5 Å². The van der Waals surface area contributed by atoms with Crippen LogP contribution in [-0.4, -0.2) is 45.5 Å². The van der Waals surface area contributed by atoms with Crippen LogP contribution in [0.1, 0.15) is 46.9 Å². The topological polar surface area (TPSA) is 47.4 Å². The van der Waals surface area contributed by atoms with Crippen molar-refractivity contribution in [1.82, 2.24) is 14.5 Å². The second-order valence-corrected chi connectivity index (χ2v) is 6.17. The minimum Gasteiger partial charge on any atom is -0.372 e. The number of ether oxygens (including phenoxy) is 1. The van der Waals surface area contributed by atoms with Crippen LogP contribution in [0.15, 0.2) is 12.4 Å². The molecule has 1 rings (SSSR count). The molecule has 0 amide bonds. The third kappa shape index (κ3) is 5.98. The Hall–Kier alpha value is -1.20. The molecule has 0 radical (unpaired) electrons. The van der Waals surface area contributed by atoms with E-state index in [1.54, 1.807) is 0 Å². The average molecular weight is 295 g/mol. The second-order valence-electron chi connectivity index (χ2n) is 6.17. The van der Waals surface area contributed by atoms with Gasteiger partial charge in [0.25, 0.3) is 0 Å². The van der Waals surface area contributed by atoms with Gasteiger partial charge >= 0.3 is 0 Å². The number of hydrogen-bond acceptors (Lipinski definition) is 4. The van der Waals surface area contributed by atoms with Crippen LogP contribution in [0, 0.1) is 0 Å². The molecule has 120 valence electrons. The molecule has 5 nitrogen and oxygen atoms in total. The highest BCUT2D eigenvalue weighted by atomic mass is 16.5. The van der Waals surface area contributed by atoms with Crippen LogP contribution in [-0.2, 0) is 22.6 Å². The van der Waals surface area contributed by atoms with E-state index in [4.69, 9.17) is 4.74 Å². The Balaban J connectivity index is 2.55. The molecule has 0 atom stereocenters. The first-order valence-corrected chi connectivity index (χ1v) is 7.73. The third-order valence-corrected chi connectivity index (χ3v) is 3.59. The Bertz CT molecular complexity index is 435. The molecule has 1 aromatic rings. The van der Waals surface area contributed by atoms with Crippen molar-refractivity contribution in [3.05, 3.63) is 18.2 Å². The number of carbonyl (C=O) groups is 1. The largest absolute Gasteiger partial charge is 0.372 e. The lowest BCUT2D eigenvalue weighted by molar-refractivity contribution is -0.123. The van der Waals surface area contributed by atoms with E-state index in [2.05, 4.69) is 42.1 Å². The van der Waals surface area contributed by atoms with Crippen LogP contribution in [0.5, 0.6) is 0 Å². The Kier molecular flexibility index (Phi) is 7.05. The Morgan fingerprint density at radius 1 is 1.38 bits per heavy atom. The number of aryl methyl sites for hydroxylation is 1. The summed E-state index contributed by atoms with van der Waals surface area (Å²) in [5.41, 5.74) is 0.0304. The molecule has 0 fully saturated rings. The standard InChI is InChI=1S/C16H29N3O2/c1-6-14(20)13-21-11-10-19(16(3,4)5)12-15-17-8-9-18(15)7-2/h8-9H,6-7,10-13H2,1-5H3. The maximum absolute atomic E-state index is 11.2. The van der Waals surface area contributed by atoms with Gasteiger partial charge in [-0.05, 0) is 27.7 Å². The molecule has 1 heterocycles. The molecular formula is C16H29N3O2. The van der Waals surface area contributed by atoms with Crippen LogP contribution in [0.2, 0.25) is 0 Å². The van der Waals surface area contributed by atoms with E-state index in [-0.39, 0.29) is 17.9 Å². The van der Waals surface area contributed by atoms with Crippen molar-refractivity contribution in [2.75, 3.05) is 19.8 Å². The summed E-state index contributed by atoms with van der Waals surface area (Å²) in [7, 11) is 0. The number of rotatable bonds is 9. The molecule has 0 unspecified atom stereocenters. The maximum Gasteiger partial charge on any atom is 0.158 e. The normalized spacial score (nSPS) is 12.1. The first-order chi connectivity index (χ1) is 9.88. The second kappa shape index (κ2) is 8.29. The van der Waals surface area contributed by atoms with Gasteiger partial charge < -0.3 is 9.30 Å². The van der Waals surface area contributed by atoms with Crippen molar-refractivity contribution in [2.45, 2.75) is 59.7 Å². The molecule has 0 aliphatic heterocycles. The van der Waals surface area contributed by atoms with Gasteiger partial charge in [0.05, 0.1) is 13.2 Å². The molecule has 21 heavy (non-hydrogen) atoms. The van der Waals surface area contributed by atoms with Gasteiger partial charge in [0.1, 0.15) is 12.4 Å². The van der Waals surface area contributed by atoms with Crippen molar-refractivity contribution in [3.63, 3.8) is 0 Å². The summed E-state index contributed by atoms with van der Waals surface area (Å²) in [5, 5.41) is 0. The maximum atomic E-state index is 11.2. The van der Waals surface area contributed by atoms with Crippen LogP contribution in [0.4, 0.5) is 0 Å². The van der Waals surface area contributed by atoms with Crippen molar-refractivity contribution >= 4 is 5.78 Å². The van der Waals surface area contributed by atoms with Gasteiger partial charge in [0.15, 0.2) is 5.78 Å². The SMILES string of the molecule is CCC(=O)COCCN(Cc1nccn1CC)C(C)(C)C. The highest BCUT2D eigenvalue weighted by Crippen LogP contribution is 2.16. The van der Waals surface area contributed by atoms with Gasteiger partial charge in [-0.2, -0.15) is 0 Å². The Morgan fingerprint density at radius 3 is 2.67 bits per heavy atom. The highest BCUT2D eigenvalue weighted by Gasteiger charge is 2.22. The summed E-state index contributed by atoms with van der Waals surface area (Å²) >= 11 is 0. The molecule has 1 aromatic heterocycles. The van der Waals surface area contributed by atoms with Crippen molar-refractivity contribution in [1.29, 1.82) is 0 Å². The van der Waals surface area contributed by atoms with Crippen molar-refractivity contribution < 1.29 is 9.53 Å². The lowest BCUT2D eigenvalue weighted by Crippen LogP contribution is -2.43. The average Bonchev–Trinajstić information content (AvgIpc) is 2.87. The Morgan fingerprint density at radius 2 is 2.10 bits per heavy atom. The van der Waals surface area contributed by atoms with Crippen molar-refractivity contribution in [2.24, 2.45) is 0 Å². The summed E-state index contributed by atoms with van der Waals surface area (Å²) < 4.78 is 7.62. The van der Waals surface area contributed by atoms with Gasteiger partial charge in [-0.3, -0.25) is 9.69 Å². The van der Waals surface area contributed by atoms with Crippen molar-refractivity contribution in [3.8, 4) is 0 Å². The molecule has 0 saturated heterocycles. The molecule has 0 aromatic carbocycles. The highest BCUT2D eigenvalue weighted by molar-refractivity contribution is 5.79. The van der Waals surface area contributed by atoms with Crippen LogP contribution >= 0.6 is 0 Å². The van der Waals surface area contributed by atoms with Gasteiger partial charge in [-0.15, -0.1) is 0 Å². The van der Waals surface area contributed by atoms with E-state index in [9.17, 15) is 4.79 Å². The smallest absolute Gasteiger partial charge is 0.158 e. The third-order valence-electron chi connectivity index (χ3n) is 3.59. The zero-order valence-electron chi connectivity index (χ0n) is 14.1. The van der Waals surface area contributed by atoms with Crippen LogP contribution in [0.25, 0.3) is 0 Å². The minimum absolute atomic E-state index is 0.0304. The minimum atomic E-state index is 0.0304. The predicted molar refractivity (Wildman–Crippen MR) is 84.2 cm³/mol. The molecule has 0 aliphatic rings. The lowest BCUT2D eigenvalue weighted by Gasteiger charge is -2.35. The fourth-order valence-corrected chi connectivity index (χ4v) is 2.06. The number of Topliss-reactive ketones (excluding diaryl/α,β-unsaturated/α-hetero) is 1. The van der Waals surface area contributed by atoms with E-state index < -0.39 is 0 Å². The zero-order valence-corrected chi connectivity index (χ0v) is 14.1. The quantitative estimate of drug-likeness (QED) is 0.657. The lowest BCUT2D eigenvalue weighted by atomic mass is 10.1. The first-order valence-electron chi connectivity index (χ1n) is 7.73. The first kappa shape index (κ1) is 17.9. The summed E-state index contributed by atoms with van der Waals surface area (Å²) in [6.45, 7) is 13.8. The molecule has 0 aliphatic carbocycles. The van der Waals surface area contributed by atoms with E-state index in [0.29, 0.717) is 13.0 Å². The molecule has 5 heteroatoms. The molecule has 0 spiro atoms. The summed E-state index contributed by atoms with van der Waals surface area (Å²) in [4.78, 5) is 18.0. The van der Waals surface area contributed by atoms with Gasteiger partial charge in [-0.25, -0.2) is 4.98 Å². The molecule has 0 N–H and O–H groups in total. The zero-order chi connectivity index (χ0) is 15.9. The predicted octanol–water partition coefficient (Wildman–Crippen LogP) is 2.50. The van der Waals surface area contributed by atoms with E-state index >= 15 is 0 Å². The van der Waals surface area contributed by atoms with Crippen LogP contribution < -0.4 is 0 Å². The summed E-state index contributed by atoms with van der Waals surface area (Å²) in [5.74, 6) is 1.22. The summed E-state index contributed by atoms with van der Waals surface area (Å²) in [6.07, 6.45) is 4.39. The van der Waals surface area contributed by atoms with Gasteiger partial charge in [0.2, 0.25) is 0 Å². The van der Waals surface area contributed by atoms with Crippen LogP contribution in [0.3, 0.4) is 0 Å². The fourth-order valence-electron chi connectivity index (χ4n) is 2.06. The van der Waals surface area contributed by atoms with Gasteiger partial charge in [-0.1, -0.05) is 6.92 Å². The number of imidazole rings is 1. The number of aromatic nitrogens is 2. The molecule has 0 saturated carbocycles. The summed E-state index contributed by atoms with van der Waals surface area (Å²) in [6, 6.07) is 0. The monoisotopic (exact) mass is 295 g/mol. The van der Waals surface area contributed by atoms with Gasteiger partial charge in [0, 0.05) is 37.4 Å². The number of nitrogens with zero attached hydrogens (tertiary/aromatic N) is 3. The molecular weight excluding hydrogens is 266 g/mol. The number of hydrogen-bond donors (Lipinski definition) is 0. The molecule has 0 bridgehead atoms.